The fraction of sp³-hybridized carbons (Fsp3) is 0.381. The lowest BCUT2D eigenvalue weighted by molar-refractivity contribution is -0.0498. The summed E-state index contributed by atoms with van der Waals surface area (Å²) in [5.74, 6) is -0.342. The standard InChI is InChI=1S/C21H24F2N2O5S/c1-25(14-15-7-9-17(10-8-15)30-21(22)23)20(26)16-4-2-6-19(12-16)31(27,28)24-13-18-5-3-11-29-18/h2,4,6-10,12,18,21,24H,3,5,11,13-14H2,1H3. The van der Waals surface area contributed by atoms with Crippen molar-refractivity contribution in [3.63, 3.8) is 0 Å². The summed E-state index contributed by atoms with van der Waals surface area (Å²) in [7, 11) is -2.21. The van der Waals surface area contributed by atoms with Gasteiger partial charge < -0.3 is 14.4 Å². The van der Waals surface area contributed by atoms with Gasteiger partial charge in [-0.25, -0.2) is 13.1 Å². The van der Waals surface area contributed by atoms with Gasteiger partial charge in [0, 0.05) is 32.3 Å². The van der Waals surface area contributed by atoms with E-state index in [4.69, 9.17) is 4.74 Å². The van der Waals surface area contributed by atoms with Crippen LogP contribution in [0, 0.1) is 0 Å². The van der Waals surface area contributed by atoms with Crippen molar-refractivity contribution in [2.24, 2.45) is 0 Å². The number of sulfonamides is 1. The Balaban J connectivity index is 1.64. The molecule has 168 valence electrons. The van der Waals surface area contributed by atoms with Crippen molar-refractivity contribution >= 4 is 15.9 Å². The number of hydrogen-bond acceptors (Lipinski definition) is 5. The summed E-state index contributed by atoms with van der Waals surface area (Å²) in [6, 6.07) is 11.8. The molecule has 31 heavy (non-hydrogen) atoms. The van der Waals surface area contributed by atoms with Crippen molar-refractivity contribution in [3.8, 4) is 5.75 Å². The number of hydrogen-bond donors (Lipinski definition) is 1. The van der Waals surface area contributed by atoms with Crippen LogP contribution in [0.5, 0.6) is 5.75 Å². The van der Waals surface area contributed by atoms with Gasteiger partial charge in [0.15, 0.2) is 0 Å². The van der Waals surface area contributed by atoms with E-state index in [9.17, 15) is 22.0 Å². The zero-order valence-electron chi connectivity index (χ0n) is 17.0. The predicted molar refractivity (Wildman–Crippen MR) is 109 cm³/mol. The first-order valence-electron chi connectivity index (χ1n) is 9.75. The van der Waals surface area contributed by atoms with E-state index >= 15 is 0 Å². The van der Waals surface area contributed by atoms with Crippen LogP contribution < -0.4 is 9.46 Å². The zero-order valence-corrected chi connectivity index (χ0v) is 17.8. The molecule has 0 radical (unpaired) electrons. The number of halogens is 2. The molecule has 1 atom stereocenters. The van der Waals surface area contributed by atoms with Crippen molar-refractivity contribution < 1.29 is 31.5 Å². The summed E-state index contributed by atoms with van der Waals surface area (Å²) in [5, 5.41) is 0. The molecule has 7 nitrogen and oxygen atoms in total. The summed E-state index contributed by atoms with van der Waals surface area (Å²) < 4.78 is 61.9. The molecule has 1 N–H and O–H groups in total. The molecule has 1 aliphatic rings. The van der Waals surface area contributed by atoms with Gasteiger partial charge in [0.25, 0.3) is 5.91 Å². The van der Waals surface area contributed by atoms with Crippen LogP contribution >= 0.6 is 0 Å². The monoisotopic (exact) mass is 454 g/mol. The highest BCUT2D eigenvalue weighted by atomic mass is 32.2. The molecular formula is C21H24F2N2O5S. The molecule has 2 aromatic carbocycles. The largest absolute Gasteiger partial charge is 0.435 e. The molecule has 0 spiro atoms. The van der Waals surface area contributed by atoms with Crippen LogP contribution in [0.3, 0.4) is 0 Å². The summed E-state index contributed by atoms with van der Waals surface area (Å²) >= 11 is 0. The lowest BCUT2D eigenvalue weighted by Crippen LogP contribution is -2.32. The molecule has 0 aromatic heterocycles. The Morgan fingerprint density at radius 1 is 1.26 bits per heavy atom. The normalized spacial score (nSPS) is 16.5. The molecule has 1 heterocycles. The summed E-state index contributed by atoms with van der Waals surface area (Å²) in [4.78, 5) is 14.2. The van der Waals surface area contributed by atoms with E-state index < -0.39 is 16.6 Å². The van der Waals surface area contributed by atoms with E-state index in [-0.39, 0.29) is 41.3 Å². The van der Waals surface area contributed by atoms with E-state index in [2.05, 4.69) is 9.46 Å². The second-order valence-corrected chi connectivity index (χ2v) is 8.97. The molecular weight excluding hydrogens is 430 g/mol. The molecule has 1 fully saturated rings. The maximum Gasteiger partial charge on any atom is 0.387 e. The molecule has 1 aliphatic heterocycles. The first-order chi connectivity index (χ1) is 14.7. The van der Waals surface area contributed by atoms with E-state index in [1.165, 1.54) is 41.3 Å². The second kappa shape index (κ2) is 10.2. The molecule has 3 rings (SSSR count). The van der Waals surface area contributed by atoms with Crippen molar-refractivity contribution in [2.75, 3.05) is 20.2 Å². The van der Waals surface area contributed by atoms with Gasteiger partial charge in [0.1, 0.15) is 5.75 Å². The number of amides is 1. The summed E-state index contributed by atoms with van der Waals surface area (Å²) in [6.07, 6.45) is 1.58. The van der Waals surface area contributed by atoms with Crippen molar-refractivity contribution in [1.29, 1.82) is 0 Å². The number of nitrogens with zero attached hydrogens (tertiary/aromatic N) is 1. The molecule has 1 amide bonds. The molecule has 0 saturated carbocycles. The number of rotatable bonds is 9. The number of nitrogens with one attached hydrogen (secondary N) is 1. The van der Waals surface area contributed by atoms with Gasteiger partial charge in [-0.05, 0) is 48.7 Å². The van der Waals surface area contributed by atoms with Crippen LogP contribution in [0.2, 0.25) is 0 Å². The third-order valence-corrected chi connectivity index (χ3v) is 6.25. The third-order valence-electron chi connectivity index (χ3n) is 4.83. The highest BCUT2D eigenvalue weighted by Crippen LogP contribution is 2.18. The van der Waals surface area contributed by atoms with Gasteiger partial charge in [-0.3, -0.25) is 4.79 Å². The summed E-state index contributed by atoms with van der Waals surface area (Å²) in [5.41, 5.74) is 0.930. The first kappa shape index (κ1) is 23.1. The number of benzene rings is 2. The first-order valence-corrected chi connectivity index (χ1v) is 11.2. The van der Waals surface area contributed by atoms with Crippen molar-refractivity contribution in [3.05, 3.63) is 59.7 Å². The van der Waals surface area contributed by atoms with Crippen molar-refractivity contribution in [2.45, 2.75) is 37.0 Å². The van der Waals surface area contributed by atoms with Gasteiger partial charge in [-0.2, -0.15) is 8.78 Å². The fourth-order valence-electron chi connectivity index (χ4n) is 3.23. The van der Waals surface area contributed by atoms with E-state index in [0.717, 1.165) is 12.8 Å². The van der Waals surface area contributed by atoms with Crippen molar-refractivity contribution in [1.82, 2.24) is 9.62 Å². The van der Waals surface area contributed by atoms with Gasteiger partial charge >= 0.3 is 6.61 Å². The third kappa shape index (κ3) is 6.46. The molecule has 0 aliphatic carbocycles. The minimum Gasteiger partial charge on any atom is -0.435 e. The smallest absolute Gasteiger partial charge is 0.387 e. The summed E-state index contributed by atoms with van der Waals surface area (Å²) in [6.45, 7) is -1.88. The van der Waals surface area contributed by atoms with Crippen LogP contribution in [-0.2, 0) is 21.3 Å². The average Bonchev–Trinajstić information content (AvgIpc) is 3.27. The number of carbonyl (C=O) groups excluding carboxylic acids is 1. The molecule has 10 heteroatoms. The van der Waals surface area contributed by atoms with Crippen LogP contribution in [0.15, 0.2) is 53.4 Å². The van der Waals surface area contributed by atoms with Crippen LogP contribution in [0.25, 0.3) is 0 Å². The molecule has 0 bridgehead atoms. The van der Waals surface area contributed by atoms with Crippen LogP contribution in [0.1, 0.15) is 28.8 Å². The van der Waals surface area contributed by atoms with Gasteiger partial charge in [0.2, 0.25) is 10.0 Å². The SMILES string of the molecule is CN(Cc1ccc(OC(F)F)cc1)C(=O)c1cccc(S(=O)(=O)NCC2CCCO2)c1. The highest BCUT2D eigenvalue weighted by Gasteiger charge is 2.22. The van der Waals surface area contributed by atoms with Crippen LogP contribution in [-0.4, -0.2) is 52.1 Å². The Kier molecular flexibility index (Phi) is 7.58. The Morgan fingerprint density at radius 2 is 2.00 bits per heavy atom. The van der Waals surface area contributed by atoms with E-state index in [0.29, 0.717) is 12.2 Å². The van der Waals surface area contributed by atoms with Gasteiger partial charge in [-0.1, -0.05) is 18.2 Å². The lowest BCUT2D eigenvalue weighted by atomic mass is 10.1. The molecule has 1 saturated heterocycles. The quantitative estimate of drug-likeness (QED) is 0.630. The topological polar surface area (TPSA) is 84.9 Å². The van der Waals surface area contributed by atoms with E-state index in [1.807, 2.05) is 0 Å². The second-order valence-electron chi connectivity index (χ2n) is 7.20. The Bertz CT molecular complexity index is 993. The zero-order chi connectivity index (χ0) is 22.4. The van der Waals surface area contributed by atoms with E-state index in [1.54, 1.807) is 19.2 Å². The molecule has 1 unspecified atom stereocenters. The number of carbonyl (C=O) groups is 1. The minimum atomic E-state index is -3.78. The predicted octanol–water partition coefficient (Wildman–Crippen LogP) is 3.02. The Labute approximate surface area is 180 Å². The highest BCUT2D eigenvalue weighted by molar-refractivity contribution is 7.89. The van der Waals surface area contributed by atoms with Gasteiger partial charge in [0.05, 0.1) is 11.0 Å². The fourth-order valence-corrected chi connectivity index (χ4v) is 4.34. The average molecular weight is 454 g/mol. The van der Waals surface area contributed by atoms with Crippen LogP contribution in [0.4, 0.5) is 8.78 Å². The molecule has 2 aromatic rings. The number of alkyl halides is 2. The maximum absolute atomic E-state index is 12.8. The Morgan fingerprint density at radius 3 is 2.65 bits per heavy atom. The number of ether oxygens (including phenoxy) is 2. The maximum atomic E-state index is 12.8. The van der Waals surface area contributed by atoms with Gasteiger partial charge in [-0.15, -0.1) is 0 Å². The lowest BCUT2D eigenvalue weighted by Gasteiger charge is -2.18. The Hall–Kier alpha value is -2.56. The minimum absolute atomic E-state index is 0.00162.